The second-order valence-electron chi connectivity index (χ2n) is 4.53. The minimum atomic E-state index is -0.254. The van der Waals surface area contributed by atoms with Crippen molar-refractivity contribution in [3.63, 3.8) is 0 Å². The molecule has 0 radical (unpaired) electrons. The first-order valence-electron chi connectivity index (χ1n) is 6.56. The number of ether oxygens (including phenoxy) is 1. The van der Waals surface area contributed by atoms with Gasteiger partial charge in [0.2, 0.25) is 0 Å². The van der Waals surface area contributed by atoms with E-state index < -0.39 is 0 Å². The smallest absolute Gasteiger partial charge is 0.409 e. The Balaban J connectivity index is 1.88. The molecule has 0 aromatic carbocycles. The van der Waals surface area contributed by atoms with Gasteiger partial charge in [-0.25, -0.2) is 14.8 Å². The van der Waals surface area contributed by atoms with Crippen molar-refractivity contribution in [1.29, 1.82) is 0 Å². The maximum atomic E-state index is 11.6. The zero-order valence-corrected chi connectivity index (χ0v) is 12.1. The summed E-state index contributed by atoms with van der Waals surface area (Å²) >= 11 is 6.04. The number of nitrogens with zero attached hydrogens (tertiary/aromatic N) is 3. The Labute approximate surface area is 122 Å². The number of nitrogen functional groups attached to an aromatic ring is 1. The predicted molar refractivity (Wildman–Crippen MR) is 76.7 cm³/mol. The fraction of sp³-hybridized carbons (Fsp3) is 0.583. The van der Waals surface area contributed by atoms with Crippen LogP contribution in [0.25, 0.3) is 0 Å². The number of carbonyl (C=O) groups excluding carboxylic acids is 1. The van der Waals surface area contributed by atoms with Crippen molar-refractivity contribution in [2.45, 2.75) is 25.8 Å². The van der Waals surface area contributed by atoms with E-state index in [0.717, 1.165) is 12.8 Å². The lowest BCUT2D eigenvalue weighted by Gasteiger charge is -2.32. The van der Waals surface area contributed by atoms with Crippen LogP contribution in [0.2, 0.25) is 5.02 Å². The van der Waals surface area contributed by atoms with Gasteiger partial charge in [0.05, 0.1) is 6.61 Å². The molecule has 0 bridgehead atoms. The zero-order chi connectivity index (χ0) is 14.5. The molecule has 1 fully saturated rings. The lowest BCUT2D eigenvalue weighted by atomic mass is 10.1. The number of nitrogens with two attached hydrogens (primary N) is 1. The highest BCUT2D eigenvalue weighted by Gasteiger charge is 2.24. The Kier molecular flexibility index (Phi) is 4.84. The molecule has 1 aliphatic rings. The molecular weight excluding hydrogens is 282 g/mol. The average Bonchev–Trinajstić information content (AvgIpc) is 2.45. The Morgan fingerprint density at radius 3 is 2.90 bits per heavy atom. The Bertz CT molecular complexity index is 477. The van der Waals surface area contributed by atoms with Gasteiger partial charge in [0.1, 0.15) is 17.2 Å². The van der Waals surface area contributed by atoms with Crippen LogP contribution in [-0.2, 0) is 4.74 Å². The van der Waals surface area contributed by atoms with E-state index in [-0.39, 0.29) is 18.0 Å². The van der Waals surface area contributed by atoms with Gasteiger partial charge in [-0.1, -0.05) is 11.6 Å². The van der Waals surface area contributed by atoms with Gasteiger partial charge >= 0.3 is 6.09 Å². The topological polar surface area (TPSA) is 93.4 Å². The number of hydrogen-bond donors (Lipinski definition) is 2. The van der Waals surface area contributed by atoms with E-state index in [0.29, 0.717) is 30.5 Å². The first-order valence-corrected chi connectivity index (χ1v) is 6.93. The molecule has 1 aromatic rings. The number of carbonyl (C=O) groups is 1. The Morgan fingerprint density at radius 1 is 1.55 bits per heavy atom. The van der Waals surface area contributed by atoms with Gasteiger partial charge in [0.25, 0.3) is 0 Å². The number of hydrogen-bond acceptors (Lipinski definition) is 6. The minimum Gasteiger partial charge on any atom is -0.450 e. The summed E-state index contributed by atoms with van der Waals surface area (Å²) in [4.78, 5) is 21.2. The number of amides is 1. The van der Waals surface area contributed by atoms with Crippen LogP contribution in [-0.4, -0.2) is 46.7 Å². The molecule has 2 heterocycles. The molecule has 3 N–H and O–H groups in total. The second kappa shape index (κ2) is 6.60. The maximum absolute atomic E-state index is 11.6. The van der Waals surface area contributed by atoms with Gasteiger partial charge in [0.15, 0.2) is 5.82 Å². The molecule has 0 spiro atoms. The molecule has 2 rings (SSSR count). The summed E-state index contributed by atoms with van der Waals surface area (Å²) in [5.41, 5.74) is 5.63. The van der Waals surface area contributed by atoms with Gasteiger partial charge < -0.3 is 20.7 Å². The van der Waals surface area contributed by atoms with Crippen LogP contribution in [0.3, 0.4) is 0 Å². The van der Waals surface area contributed by atoms with Gasteiger partial charge in [-0.05, 0) is 19.8 Å². The van der Waals surface area contributed by atoms with Crippen molar-refractivity contribution >= 4 is 29.3 Å². The van der Waals surface area contributed by atoms with E-state index in [1.54, 1.807) is 11.8 Å². The molecule has 0 atom stereocenters. The van der Waals surface area contributed by atoms with Crippen LogP contribution < -0.4 is 11.1 Å². The highest BCUT2D eigenvalue weighted by Crippen LogP contribution is 2.25. The fourth-order valence-corrected chi connectivity index (χ4v) is 2.25. The highest BCUT2D eigenvalue weighted by molar-refractivity contribution is 6.35. The third-order valence-corrected chi connectivity index (χ3v) is 3.55. The van der Waals surface area contributed by atoms with Crippen molar-refractivity contribution in [1.82, 2.24) is 14.9 Å². The highest BCUT2D eigenvalue weighted by atomic mass is 35.5. The summed E-state index contributed by atoms with van der Waals surface area (Å²) < 4.78 is 4.98. The zero-order valence-electron chi connectivity index (χ0n) is 11.3. The molecule has 0 aliphatic carbocycles. The third kappa shape index (κ3) is 3.41. The second-order valence-corrected chi connectivity index (χ2v) is 4.90. The fourth-order valence-electron chi connectivity index (χ4n) is 2.10. The van der Waals surface area contributed by atoms with E-state index >= 15 is 0 Å². The minimum absolute atomic E-state index is 0.201. The Morgan fingerprint density at radius 2 is 2.25 bits per heavy atom. The van der Waals surface area contributed by atoms with Gasteiger partial charge in [-0.15, -0.1) is 0 Å². The molecule has 0 unspecified atom stereocenters. The number of nitrogens with one attached hydrogen (secondary N) is 1. The molecule has 1 aliphatic heterocycles. The molecule has 1 amide bonds. The van der Waals surface area contributed by atoms with Crippen molar-refractivity contribution < 1.29 is 9.53 Å². The molecule has 7 nitrogen and oxygen atoms in total. The first-order chi connectivity index (χ1) is 9.61. The number of anilines is 2. The number of halogens is 1. The maximum Gasteiger partial charge on any atom is 0.409 e. The number of rotatable bonds is 3. The summed E-state index contributed by atoms with van der Waals surface area (Å²) in [5, 5.41) is 3.57. The molecule has 0 saturated carbocycles. The number of likely N-dealkylation sites (tertiary alicyclic amines) is 1. The first kappa shape index (κ1) is 14.6. The molecule has 20 heavy (non-hydrogen) atoms. The van der Waals surface area contributed by atoms with E-state index in [2.05, 4.69) is 15.3 Å². The average molecular weight is 300 g/mol. The predicted octanol–water partition coefficient (Wildman–Crippen LogP) is 1.74. The van der Waals surface area contributed by atoms with Crippen molar-refractivity contribution in [2.24, 2.45) is 0 Å². The Hall–Kier alpha value is -1.76. The summed E-state index contributed by atoms with van der Waals surface area (Å²) in [5.74, 6) is 0.793. The van der Waals surface area contributed by atoms with E-state index in [9.17, 15) is 4.79 Å². The standard InChI is InChI=1S/C12H18ClN5O2/c1-2-20-12(19)18-5-3-8(4-6-18)17-11-9(13)10(14)15-7-16-11/h7-8H,2-6H2,1H3,(H3,14,15,16,17). The van der Waals surface area contributed by atoms with Crippen LogP contribution in [0.5, 0.6) is 0 Å². The summed E-state index contributed by atoms with van der Waals surface area (Å²) in [6.45, 7) is 3.49. The summed E-state index contributed by atoms with van der Waals surface area (Å²) in [6.07, 6.45) is 2.73. The van der Waals surface area contributed by atoms with Crippen molar-refractivity contribution in [3.8, 4) is 0 Å². The van der Waals surface area contributed by atoms with Gasteiger partial charge in [-0.2, -0.15) is 0 Å². The number of aromatic nitrogens is 2. The normalized spacial score (nSPS) is 16.0. The van der Waals surface area contributed by atoms with Crippen LogP contribution in [0.4, 0.5) is 16.4 Å². The van der Waals surface area contributed by atoms with Crippen LogP contribution in [0.15, 0.2) is 6.33 Å². The van der Waals surface area contributed by atoms with E-state index in [1.807, 2.05) is 0 Å². The van der Waals surface area contributed by atoms with Crippen LogP contribution >= 0.6 is 11.6 Å². The van der Waals surface area contributed by atoms with Crippen LogP contribution in [0, 0.1) is 0 Å². The quantitative estimate of drug-likeness (QED) is 0.883. The summed E-state index contributed by atoms with van der Waals surface area (Å²) in [7, 11) is 0. The van der Waals surface area contributed by atoms with Crippen LogP contribution in [0.1, 0.15) is 19.8 Å². The van der Waals surface area contributed by atoms with Crippen molar-refractivity contribution in [2.75, 3.05) is 30.7 Å². The molecular formula is C12H18ClN5O2. The molecule has 1 aromatic heterocycles. The van der Waals surface area contributed by atoms with Gasteiger partial charge in [-0.3, -0.25) is 0 Å². The third-order valence-electron chi connectivity index (χ3n) is 3.18. The van der Waals surface area contributed by atoms with E-state index in [4.69, 9.17) is 22.1 Å². The number of piperidine rings is 1. The monoisotopic (exact) mass is 299 g/mol. The van der Waals surface area contributed by atoms with Crippen molar-refractivity contribution in [3.05, 3.63) is 11.3 Å². The lowest BCUT2D eigenvalue weighted by molar-refractivity contribution is 0.0983. The largest absolute Gasteiger partial charge is 0.450 e. The molecule has 8 heteroatoms. The molecule has 110 valence electrons. The van der Waals surface area contributed by atoms with Gasteiger partial charge in [0, 0.05) is 19.1 Å². The summed E-state index contributed by atoms with van der Waals surface area (Å²) in [6, 6.07) is 0.201. The van der Waals surface area contributed by atoms with E-state index in [1.165, 1.54) is 6.33 Å². The lowest BCUT2D eigenvalue weighted by Crippen LogP contribution is -2.42. The molecule has 1 saturated heterocycles. The SMILES string of the molecule is CCOC(=O)N1CCC(Nc2ncnc(N)c2Cl)CC1.